The number of thiophene rings is 1. The second-order valence-corrected chi connectivity index (χ2v) is 34.9. The van der Waals surface area contributed by atoms with Crippen LogP contribution in [0.2, 0.25) is 19.6 Å². The van der Waals surface area contributed by atoms with Crippen LogP contribution in [0.3, 0.4) is 0 Å². The molecule has 71 heavy (non-hydrogen) atoms. The Bertz CT molecular complexity index is 3000. The Morgan fingerprint density at radius 3 is 1.97 bits per heavy atom. The van der Waals surface area contributed by atoms with Crippen molar-refractivity contribution in [1.29, 1.82) is 0 Å². The van der Waals surface area contributed by atoms with Crippen molar-refractivity contribution < 1.29 is 0 Å². The van der Waals surface area contributed by atoms with Crippen molar-refractivity contribution in [3.05, 3.63) is 139 Å². The van der Waals surface area contributed by atoms with Gasteiger partial charge in [-0.25, -0.2) is 0 Å². The van der Waals surface area contributed by atoms with Crippen LogP contribution in [-0.4, -0.2) is 20.8 Å². The first-order valence-electron chi connectivity index (χ1n) is 28.0. The minimum absolute atomic E-state index is 0.00319. The summed E-state index contributed by atoms with van der Waals surface area (Å²) in [5, 5.41) is 8.99. The summed E-state index contributed by atoms with van der Waals surface area (Å²) in [5.41, 5.74) is 21.7. The molecule has 2 nitrogen and oxygen atoms in total. The number of benzene rings is 3. The van der Waals surface area contributed by atoms with Gasteiger partial charge in [0, 0.05) is 22.6 Å². The van der Waals surface area contributed by atoms with Crippen molar-refractivity contribution in [2.24, 2.45) is 5.41 Å². The van der Waals surface area contributed by atoms with Gasteiger partial charge in [-0.2, -0.15) is 0 Å². The Kier molecular flexibility index (Phi) is 12.2. The second-order valence-electron chi connectivity index (χ2n) is 28.8. The smallest absolute Gasteiger partial charge is 0.239 e. The van der Waals surface area contributed by atoms with Gasteiger partial charge >= 0.3 is 0 Å². The van der Waals surface area contributed by atoms with Gasteiger partial charge in [0.2, 0.25) is 6.71 Å². The van der Waals surface area contributed by atoms with Crippen molar-refractivity contribution in [2.75, 3.05) is 4.90 Å². The van der Waals surface area contributed by atoms with E-state index in [-0.39, 0.29) is 45.2 Å². The van der Waals surface area contributed by atoms with E-state index in [2.05, 4.69) is 218 Å². The third kappa shape index (κ3) is 8.69. The molecule has 0 radical (unpaired) electrons. The van der Waals surface area contributed by atoms with Crippen molar-refractivity contribution in [2.45, 2.75) is 227 Å². The zero-order valence-corrected chi connectivity index (χ0v) is 49.4. The number of allylic oxidation sites excluding steroid dienone is 6. The summed E-state index contributed by atoms with van der Waals surface area (Å²) in [6, 6.07) is 18.5. The monoisotopic (exact) mass is 981 g/mol. The molecule has 1 aromatic heterocycles. The van der Waals surface area contributed by atoms with E-state index >= 15 is 0 Å². The highest BCUT2D eigenvalue weighted by Crippen LogP contribution is 2.54. The second kappa shape index (κ2) is 17.1. The fraction of sp³-hybridized carbons (Fsp3) is 0.545. The van der Waals surface area contributed by atoms with Gasteiger partial charge < -0.3 is 10.2 Å². The van der Waals surface area contributed by atoms with Crippen LogP contribution in [0.4, 0.5) is 10.7 Å². The summed E-state index contributed by atoms with van der Waals surface area (Å²) in [5.74, 6) is 3.14. The molecule has 5 heteroatoms. The van der Waals surface area contributed by atoms with Gasteiger partial charge in [0.05, 0.1) is 19.1 Å². The largest absolute Gasteiger partial charge is 0.382 e. The summed E-state index contributed by atoms with van der Waals surface area (Å²) in [6.45, 7) is 45.5. The zero-order valence-electron chi connectivity index (χ0n) is 47.6. The maximum Gasteiger partial charge on any atom is 0.239 e. The van der Waals surface area contributed by atoms with Gasteiger partial charge in [0.15, 0.2) is 0 Å². The van der Waals surface area contributed by atoms with Crippen molar-refractivity contribution in [3.8, 4) is 0 Å². The first-order valence-corrected chi connectivity index (χ1v) is 32.3. The van der Waals surface area contributed by atoms with Crippen LogP contribution in [0.15, 0.2) is 94.7 Å². The van der Waals surface area contributed by atoms with E-state index in [1.165, 1.54) is 116 Å². The Morgan fingerprint density at radius 1 is 0.746 bits per heavy atom. The highest BCUT2D eigenvalue weighted by molar-refractivity contribution is 7.25. The number of rotatable bonds is 7. The minimum Gasteiger partial charge on any atom is -0.382 e. The highest BCUT2D eigenvalue weighted by Gasteiger charge is 2.47. The van der Waals surface area contributed by atoms with Crippen molar-refractivity contribution in [1.82, 2.24) is 5.32 Å². The third-order valence-corrected chi connectivity index (χ3v) is 22.9. The van der Waals surface area contributed by atoms with Crippen LogP contribution in [0.25, 0.3) is 15.7 Å². The summed E-state index contributed by atoms with van der Waals surface area (Å²) >= 11 is 2.07. The summed E-state index contributed by atoms with van der Waals surface area (Å²) in [4.78, 5) is 2.87. The molecule has 0 fully saturated rings. The van der Waals surface area contributed by atoms with Crippen LogP contribution < -0.4 is 15.7 Å². The van der Waals surface area contributed by atoms with Crippen LogP contribution in [0.1, 0.15) is 212 Å². The Morgan fingerprint density at radius 2 is 1.37 bits per heavy atom. The van der Waals surface area contributed by atoms with Crippen LogP contribution in [0, 0.1) is 5.41 Å². The number of nitrogens with one attached hydrogen (secondary N) is 1. The standard InChI is InChI=1S/C66H89BN2SSi/c1-19-32-67-58-49-38-53-54(66(14,15)31-30-65(53,12)13)39-57(49)70-60(58)69(45-22-25-50-52(36-45)64(10,11)29-28-63(50,8)9)56-35-44(61(3,4)5)34-55(59(56)67)68-40-43-33-51-47(41(2)26-27-62(51,6)7)37-48(43)42-20-23-46(24-21-42)71(16,17)18/h19-20,22-23,25,32-34,36-39,41,56,68H,21,24,26-31,35,40H2,1-18H3/b32-19+. The van der Waals surface area contributed by atoms with Crippen LogP contribution >= 0.6 is 11.3 Å². The Labute approximate surface area is 437 Å². The Hall–Kier alpha value is -3.80. The van der Waals surface area contributed by atoms with E-state index < -0.39 is 8.07 Å². The summed E-state index contributed by atoms with van der Waals surface area (Å²) < 4.78 is 1.44. The molecule has 5 aliphatic carbocycles. The van der Waals surface area contributed by atoms with Gasteiger partial charge in [0.1, 0.15) is 0 Å². The fourth-order valence-corrected chi connectivity index (χ4v) is 16.9. The average molecular weight is 981 g/mol. The molecule has 0 saturated carbocycles. The maximum absolute atomic E-state index is 4.39. The lowest BCUT2D eigenvalue weighted by molar-refractivity contribution is 0.332. The number of anilines is 2. The van der Waals surface area contributed by atoms with Gasteiger partial charge in [0.25, 0.3) is 0 Å². The molecule has 0 spiro atoms. The predicted octanol–water partition coefficient (Wildman–Crippen LogP) is 18.1. The molecule has 4 aromatic rings. The highest BCUT2D eigenvalue weighted by atomic mass is 32.1. The number of nitrogens with zero attached hydrogens (tertiary/aromatic N) is 1. The predicted molar refractivity (Wildman–Crippen MR) is 317 cm³/mol. The number of hydrogen-bond donors (Lipinski definition) is 1. The molecule has 376 valence electrons. The number of fused-ring (bicyclic) bond motifs is 7. The summed E-state index contributed by atoms with van der Waals surface area (Å²) in [6.07, 6.45) is 20.7. The average Bonchev–Trinajstić information content (AvgIpc) is 3.67. The molecule has 10 rings (SSSR count). The van der Waals surface area contributed by atoms with E-state index in [4.69, 9.17) is 0 Å². The van der Waals surface area contributed by atoms with Gasteiger partial charge in [-0.3, -0.25) is 0 Å². The lowest BCUT2D eigenvalue weighted by Gasteiger charge is -2.47. The van der Waals surface area contributed by atoms with Crippen LogP contribution in [0.5, 0.6) is 0 Å². The Balaban J connectivity index is 1.22. The minimum atomic E-state index is -1.37. The first kappa shape index (κ1) is 50.7. The van der Waals surface area contributed by atoms with E-state index in [9.17, 15) is 0 Å². The van der Waals surface area contributed by atoms with Gasteiger partial charge in [-0.15, -0.1) is 17.3 Å². The lowest BCUT2D eigenvalue weighted by Crippen LogP contribution is -2.53. The molecule has 1 aliphatic heterocycles. The van der Waals surface area contributed by atoms with E-state index in [0.29, 0.717) is 5.92 Å². The van der Waals surface area contributed by atoms with E-state index in [0.717, 1.165) is 19.4 Å². The van der Waals surface area contributed by atoms with E-state index in [1.807, 2.05) is 0 Å². The number of hydrogen-bond acceptors (Lipinski definition) is 3. The first-order chi connectivity index (χ1) is 33.0. The lowest BCUT2D eigenvalue weighted by atomic mass is 9.35. The molecular weight excluding hydrogens is 892 g/mol. The fourth-order valence-electron chi connectivity index (χ4n) is 14.1. The van der Waals surface area contributed by atoms with Gasteiger partial charge in [-0.1, -0.05) is 164 Å². The molecule has 0 amide bonds. The molecular formula is C66H89BN2SSi. The molecule has 0 saturated heterocycles. The maximum atomic E-state index is 4.39. The third-order valence-electron chi connectivity index (χ3n) is 19.4. The van der Waals surface area contributed by atoms with Crippen molar-refractivity contribution in [3.63, 3.8) is 0 Å². The topological polar surface area (TPSA) is 15.3 Å². The molecule has 0 bridgehead atoms. The molecule has 2 heterocycles. The van der Waals surface area contributed by atoms with Gasteiger partial charge in [-0.05, 0) is 200 Å². The zero-order chi connectivity index (χ0) is 51.2. The SMILES string of the molecule is C/C=C/B1C2=C(NCc3cc4c(cc3C3=CC=C([Si](C)(C)C)CC3)C(C)CCC4(C)C)C=C(C(C)(C)C)CC2N(c2ccc3c(c2)C(C)(C)CCC3(C)C)c2sc3cc4c(cc3c21)C(C)(C)CCC4(C)C. The normalized spacial score (nSPS) is 24.1. The molecule has 2 unspecified atom stereocenters. The van der Waals surface area contributed by atoms with Crippen LogP contribution in [-0.2, 0) is 33.6 Å². The van der Waals surface area contributed by atoms with Crippen molar-refractivity contribution >= 4 is 57.9 Å². The molecule has 2 atom stereocenters. The summed E-state index contributed by atoms with van der Waals surface area (Å²) in [7, 11) is -1.37. The molecule has 1 N–H and O–H groups in total. The van der Waals surface area contributed by atoms with E-state index in [1.54, 1.807) is 27.5 Å². The molecule has 6 aliphatic rings. The molecule has 3 aromatic carbocycles. The quantitative estimate of drug-likeness (QED) is 0.186.